The van der Waals surface area contributed by atoms with Crippen molar-refractivity contribution in [2.45, 2.75) is 36.8 Å². The van der Waals surface area contributed by atoms with Gasteiger partial charge in [-0.25, -0.2) is 16.8 Å². The average Bonchev–Trinajstić information content (AvgIpc) is 2.96. The van der Waals surface area contributed by atoms with Gasteiger partial charge in [0, 0.05) is 19.3 Å². The van der Waals surface area contributed by atoms with Crippen LogP contribution in [0.25, 0.3) is 0 Å². The lowest BCUT2D eigenvalue weighted by atomic mass is 10.2. The van der Waals surface area contributed by atoms with Gasteiger partial charge in [-0.15, -0.1) is 0 Å². The van der Waals surface area contributed by atoms with Crippen molar-refractivity contribution in [1.82, 2.24) is 4.31 Å². The summed E-state index contributed by atoms with van der Waals surface area (Å²) < 4.78 is 55.4. The molecule has 0 N–H and O–H groups in total. The van der Waals surface area contributed by atoms with Crippen molar-refractivity contribution >= 4 is 19.9 Å². The summed E-state index contributed by atoms with van der Waals surface area (Å²) in [6.07, 6.45) is 2.37. The molecular formula is C15H23NO5S2. The highest BCUT2D eigenvalue weighted by molar-refractivity contribution is 7.91. The van der Waals surface area contributed by atoms with Crippen LogP contribution < -0.4 is 4.74 Å². The maximum atomic E-state index is 12.7. The van der Waals surface area contributed by atoms with E-state index in [0.717, 1.165) is 18.2 Å². The third-order valence-corrected chi connectivity index (χ3v) is 7.42. The Morgan fingerprint density at radius 1 is 1.26 bits per heavy atom. The van der Waals surface area contributed by atoms with Gasteiger partial charge < -0.3 is 4.74 Å². The van der Waals surface area contributed by atoms with Crippen molar-refractivity contribution in [2.24, 2.45) is 0 Å². The molecule has 1 fully saturated rings. The fraction of sp³-hybridized carbons (Fsp3) is 0.600. The fourth-order valence-electron chi connectivity index (χ4n) is 2.57. The Kier molecular flexibility index (Phi) is 5.37. The molecule has 1 aliphatic rings. The van der Waals surface area contributed by atoms with E-state index < -0.39 is 25.1 Å². The highest BCUT2D eigenvalue weighted by atomic mass is 32.2. The van der Waals surface area contributed by atoms with Crippen molar-refractivity contribution in [2.75, 3.05) is 26.0 Å². The van der Waals surface area contributed by atoms with Gasteiger partial charge in [-0.2, -0.15) is 4.31 Å². The first-order valence-corrected chi connectivity index (χ1v) is 11.0. The predicted molar refractivity (Wildman–Crippen MR) is 89.0 cm³/mol. The molecule has 0 bridgehead atoms. The Labute approximate surface area is 138 Å². The smallest absolute Gasteiger partial charge is 0.243 e. The molecule has 8 heteroatoms. The molecule has 0 aliphatic carbocycles. The number of rotatable bonds is 6. The second kappa shape index (κ2) is 6.78. The summed E-state index contributed by atoms with van der Waals surface area (Å²) in [7, 11) is -6.91. The monoisotopic (exact) mass is 361 g/mol. The summed E-state index contributed by atoms with van der Waals surface area (Å²) in [5.41, 5.74) is 0.749. The van der Waals surface area contributed by atoms with Gasteiger partial charge >= 0.3 is 0 Å². The van der Waals surface area contributed by atoms with Crippen LogP contribution in [0.4, 0.5) is 0 Å². The topological polar surface area (TPSA) is 80.8 Å². The zero-order chi connectivity index (χ0) is 17.3. The van der Waals surface area contributed by atoms with Crippen molar-refractivity contribution in [1.29, 1.82) is 0 Å². The molecule has 130 valence electrons. The first kappa shape index (κ1) is 18.2. The second-order valence-electron chi connectivity index (χ2n) is 5.88. The minimum absolute atomic E-state index is 0.0221. The number of sulfonamides is 1. The van der Waals surface area contributed by atoms with Gasteiger partial charge in [-0.3, -0.25) is 0 Å². The number of nitrogens with zero attached hydrogens (tertiary/aromatic N) is 1. The van der Waals surface area contributed by atoms with E-state index in [4.69, 9.17) is 4.74 Å². The molecule has 1 saturated heterocycles. The zero-order valence-corrected chi connectivity index (χ0v) is 15.3. The van der Waals surface area contributed by atoms with Crippen LogP contribution >= 0.6 is 0 Å². The quantitative estimate of drug-likeness (QED) is 0.769. The summed E-state index contributed by atoms with van der Waals surface area (Å²) in [5, 5.41) is -0.620. The molecule has 1 aromatic rings. The third-order valence-electron chi connectivity index (χ3n) is 3.96. The second-order valence-corrected chi connectivity index (χ2v) is 10.1. The summed E-state index contributed by atoms with van der Waals surface area (Å²) in [5.74, 6) is 0.668. The van der Waals surface area contributed by atoms with Gasteiger partial charge in [-0.1, -0.05) is 6.92 Å². The Hall–Kier alpha value is -1.12. The molecule has 0 aromatic heterocycles. The molecule has 23 heavy (non-hydrogen) atoms. The molecule has 0 saturated carbocycles. The van der Waals surface area contributed by atoms with E-state index in [-0.39, 0.29) is 18.0 Å². The molecule has 1 heterocycles. The van der Waals surface area contributed by atoms with Crippen LogP contribution in [0, 0.1) is 6.92 Å². The maximum Gasteiger partial charge on any atom is 0.243 e. The van der Waals surface area contributed by atoms with Gasteiger partial charge in [-0.05, 0) is 43.5 Å². The predicted octanol–water partition coefficient (Wildman–Crippen LogP) is 1.59. The summed E-state index contributed by atoms with van der Waals surface area (Å²) in [6, 6.07) is 4.75. The highest BCUT2D eigenvalue weighted by Gasteiger charge is 2.37. The summed E-state index contributed by atoms with van der Waals surface area (Å²) in [4.78, 5) is 0.174. The normalized spacial score (nSPS) is 19.9. The molecule has 1 aromatic carbocycles. The van der Waals surface area contributed by atoms with Gasteiger partial charge in [0.15, 0.2) is 9.84 Å². The number of hydrogen-bond donors (Lipinski definition) is 0. The fourth-order valence-corrected chi connectivity index (χ4v) is 5.24. The molecular weight excluding hydrogens is 338 g/mol. The molecule has 1 aliphatic heterocycles. The van der Waals surface area contributed by atoms with Crippen molar-refractivity contribution in [3.63, 3.8) is 0 Å². The number of hydrogen-bond acceptors (Lipinski definition) is 5. The molecule has 0 spiro atoms. The van der Waals surface area contributed by atoms with Gasteiger partial charge in [0.25, 0.3) is 0 Å². The largest absolute Gasteiger partial charge is 0.493 e. The van der Waals surface area contributed by atoms with Crippen LogP contribution in [0.1, 0.15) is 25.3 Å². The minimum atomic E-state index is -3.68. The Morgan fingerprint density at radius 2 is 1.96 bits per heavy atom. The summed E-state index contributed by atoms with van der Waals surface area (Å²) in [6.45, 7) is 4.63. The SMILES string of the molecule is CCCOc1ccc(S(=O)(=O)N2CCC(S(C)(=O)=O)C2)cc1C. The van der Waals surface area contributed by atoms with Crippen molar-refractivity contribution < 1.29 is 21.6 Å². The van der Waals surface area contributed by atoms with Crippen LogP contribution in [0.2, 0.25) is 0 Å². The van der Waals surface area contributed by atoms with Crippen LogP contribution in [0.5, 0.6) is 5.75 Å². The lowest BCUT2D eigenvalue weighted by molar-refractivity contribution is 0.315. The zero-order valence-electron chi connectivity index (χ0n) is 13.6. The standard InChI is InChI=1S/C15H23NO5S2/c1-4-9-21-15-6-5-13(10-12(15)2)23(19,20)16-8-7-14(11-16)22(3,17)18/h5-6,10,14H,4,7-9,11H2,1-3H3. The van der Waals surface area contributed by atoms with Gasteiger partial charge in [0.2, 0.25) is 10.0 Å². The Bertz CT molecular complexity index is 771. The Morgan fingerprint density at radius 3 is 2.48 bits per heavy atom. The van der Waals surface area contributed by atoms with Crippen LogP contribution in [-0.4, -0.2) is 52.3 Å². The third kappa shape index (κ3) is 4.05. The van der Waals surface area contributed by atoms with Crippen LogP contribution in [0.3, 0.4) is 0 Å². The molecule has 1 unspecified atom stereocenters. The van der Waals surface area contributed by atoms with E-state index in [1.807, 2.05) is 6.92 Å². The molecule has 1 atom stereocenters. The van der Waals surface area contributed by atoms with Crippen molar-refractivity contribution in [3.8, 4) is 5.75 Å². The lowest BCUT2D eigenvalue weighted by Crippen LogP contribution is -2.31. The van der Waals surface area contributed by atoms with Crippen molar-refractivity contribution in [3.05, 3.63) is 23.8 Å². The first-order valence-electron chi connectivity index (χ1n) is 7.58. The van der Waals surface area contributed by atoms with E-state index >= 15 is 0 Å². The molecule has 6 nitrogen and oxygen atoms in total. The molecule has 0 amide bonds. The molecule has 2 rings (SSSR count). The Balaban J connectivity index is 2.22. The van der Waals surface area contributed by atoms with E-state index in [2.05, 4.69) is 0 Å². The number of benzene rings is 1. The van der Waals surface area contributed by atoms with Crippen LogP contribution in [0.15, 0.2) is 23.1 Å². The van der Waals surface area contributed by atoms with E-state index in [1.165, 1.54) is 10.4 Å². The molecule has 0 radical (unpaired) electrons. The lowest BCUT2D eigenvalue weighted by Gasteiger charge is -2.17. The highest BCUT2D eigenvalue weighted by Crippen LogP contribution is 2.27. The van der Waals surface area contributed by atoms with Gasteiger partial charge in [0.1, 0.15) is 5.75 Å². The minimum Gasteiger partial charge on any atom is -0.493 e. The number of aryl methyl sites for hydroxylation is 1. The van der Waals surface area contributed by atoms with E-state index in [1.54, 1.807) is 19.1 Å². The maximum absolute atomic E-state index is 12.7. The van der Waals surface area contributed by atoms with Crippen LogP contribution in [-0.2, 0) is 19.9 Å². The summed E-state index contributed by atoms with van der Waals surface area (Å²) >= 11 is 0. The van der Waals surface area contributed by atoms with Gasteiger partial charge in [0.05, 0.1) is 16.8 Å². The van der Waals surface area contributed by atoms with E-state index in [9.17, 15) is 16.8 Å². The average molecular weight is 361 g/mol. The van der Waals surface area contributed by atoms with E-state index in [0.29, 0.717) is 18.8 Å². The number of sulfone groups is 1. The number of ether oxygens (including phenoxy) is 1. The first-order chi connectivity index (χ1) is 10.7.